The predicted octanol–water partition coefficient (Wildman–Crippen LogP) is 1.20. The van der Waals surface area contributed by atoms with Gasteiger partial charge in [0.2, 0.25) is 0 Å². The summed E-state index contributed by atoms with van der Waals surface area (Å²) >= 11 is -1.83. The van der Waals surface area contributed by atoms with Crippen LogP contribution in [0.1, 0.15) is 0 Å². The van der Waals surface area contributed by atoms with Crippen molar-refractivity contribution in [3.8, 4) is 0 Å². The maximum Gasteiger partial charge on any atom is 0.0451 e. The van der Waals surface area contributed by atoms with Crippen LogP contribution in [0.25, 0.3) is 0 Å². The van der Waals surface area contributed by atoms with Gasteiger partial charge in [-0.2, -0.15) is 0 Å². The molecule has 0 aromatic carbocycles. The van der Waals surface area contributed by atoms with E-state index in [0.717, 1.165) is 6.04 Å². The SMILES string of the molecule is C[Si](C)(C)CCS(=O)[O-]. The molecular weight excluding hydrogens is 152 g/mol. The highest BCUT2D eigenvalue weighted by molar-refractivity contribution is 7.79. The van der Waals surface area contributed by atoms with Crippen molar-refractivity contribution in [2.24, 2.45) is 0 Å². The molecule has 0 aliphatic heterocycles. The van der Waals surface area contributed by atoms with Gasteiger partial charge in [-0.15, -0.1) is 0 Å². The Morgan fingerprint density at radius 2 is 1.89 bits per heavy atom. The van der Waals surface area contributed by atoms with Gasteiger partial charge in [-0.05, 0) is 6.04 Å². The van der Waals surface area contributed by atoms with Crippen LogP contribution in [0.2, 0.25) is 25.7 Å². The van der Waals surface area contributed by atoms with E-state index in [-0.39, 0.29) is 0 Å². The van der Waals surface area contributed by atoms with E-state index >= 15 is 0 Å². The van der Waals surface area contributed by atoms with Gasteiger partial charge in [0.05, 0.1) is 0 Å². The molecule has 0 rings (SSSR count). The average molecular weight is 165 g/mol. The van der Waals surface area contributed by atoms with Crippen molar-refractivity contribution in [1.82, 2.24) is 0 Å². The van der Waals surface area contributed by atoms with E-state index < -0.39 is 19.2 Å². The highest BCUT2D eigenvalue weighted by Gasteiger charge is 2.11. The van der Waals surface area contributed by atoms with Crippen LogP contribution in [-0.4, -0.2) is 22.6 Å². The number of rotatable bonds is 3. The van der Waals surface area contributed by atoms with Gasteiger partial charge < -0.3 is 4.55 Å². The Balaban J connectivity index is 3.39. The summed E-state index contributed by atoms with van der Waals surface area (Å²) in [5, 5.41) is 0. The zero-order valence-corrected chi connectivity index (χ0v) is 7.96. The number of hydrogen-bond donors (Lipinski definition) is 0. The van der Waals surface area contributed by atoms with Crippen LogP contribution in [0.3, 0.4) is 0 Å². The molecule has 0 aliphatic carbocycles. The molecule has 0 fully saturated rings. The Morgan fingerprint density at radius 3 is 2.00 bits per heavy atom. The Bertz CT molecular complexity index is 108. The van der Waals surface area contributed by atoms with E-state index in [4.69, 9.17) is 0 Å². The molecule has 2 nitrogen and oxygen atoms in total. The number of hydrogen-bond acceptors (Lipinski definition) is 2. The summed E-state index contributed by atoms with van der Waals surface area (Å²) < 4.78 is 20.1. The summed E-state index contributed by atoms with van der Waals surface area (Å²) in [5.74, 6) is 0.343. The molecule has 0 amide bonds. The zero-order chi connectivity index (χ0) is 7.49. The molecule has 0 heterocycles. The van der Waals surface area contributed by atoms with Gasteiger partial charge in [0, 0.05) is 13.8 Å². The van der Waals surface area contributed by atoms with Gasteiger partial charge in [0.25, 0.3) is 0 Å². The lowest BCUT2D eigenvalue weighted by Crippen LogP contribution is -2.21. The molecule has 0 radical (unpaired) electrons. The lowest BCUT2D eigenvalue weighted by Gasteiger charge is -2.15. The minimum absolute atomic E-state index is 0.343. The van der Waals surface area contributed by atoms with E-state index in [9.17, 15) is 8.76 Å². The van der Waals surface area contributed by atoms with Gasteiger partial charge in [-0.1, -0.05) is 30.7 Å². The smallest absolute Gasteiger partial charge is 0.0451 e. The summed E-state index contributed by atoms with van der Waals surface area (Å²) in [6, 6.07) is 0.878. The minimum atomic E-state index is -1.83. The second-order valence-electron chi connectivity index (χ2n) is 3.32. The van der Waals surface area contributed by atoms with Crippen molar-refractivity contribution in [2.75, 3.05) is 5.75 Å². The second-order valence-corrected chi connectivity index (χ2v) is 9.96. The van der Waals surface area contributed by atoms with Crippen LogP contribution in [-0.2, 0) is 11.1 Å². The van der Waals surface area contributed by atoms with E-state index in [1.54, 1.807) is 0 Å². The molecule has 1 unspecified atom stereocenters. The fraction of sp³-hybridized carbons (Fsp3) is 1.00. The lowest BCUT2D eigenvalue weighted by atomic mass is 11.0. The molecule has 9 heavy (non-hydrogen) atoms. The van der Waals surface area contributed by atoms with Gasteiger partial charge in [-0.25, -0.2) is 0 Å². The fourth-order valence-corrected chi connectivity index (χ4v) is 3.51. The Hall–Kier alpha value is 0.327. The first-order chi connectivity index (χ1) is 3.92. The summed E-state index contributed by atoms with van der Waals surface area (Å²) in [4.78, 5) is 0. The molecule has 56 valence electrons. The molecule has 1 atom stereocenters. The Labute approximate surface area is 60.0 Å². The minimum Gasteiger partial charge on any atom is -0.772 e. The van der Waals surface area contributed by atoms with Gasteiger partial charge >= 0.3 is 0 Å². The van der Waals surface area contributed by atoms with Crippen molar-refractivity contribution in [3.63, 3.8) is 0 Å². The van der Waals surface area contributed by atoms with Crippen LogP contribution >= 0.6 is 0 Å². The van der Waals surface area contributed by atoms with Gasteiger partial charge in [0.15, 0.2) is 0 Å². The third-order valence-electron chi connectivity index (χ3n) is 1.02. The second kappa shape index (κ2) is 3.48. The van der Waals surface area contributed by atoms with E-state index in [0.29, 0.717) is 5.75 Å². The molecule has 0 saturated carbocycles. The zero-order valence-electron chi connectivity index (χ0n) is 6.14. The molecule has 0 aromatic rings. The van der Waals surface area contributed by atoms with Crippen molar-refractivity contribution >= 4 is 19.2 Å². The third-order valence-corrected chi connectivity index (χ3v) is 3.67. The highest BCUT2D eigenvalue weighted by Crippen LogP contribution is 2.07. The molecule has 4 heteroatoms. The largest absolute Gasteiger partial charge is 0.772 e. The molecular formula is C5H13O2SSi-. The Kier molecular flexibility index (Phi) is 3.61. The fourth-order valence-electron chi connectivity index (χ4n) is 0.390. The van der Waals surface area contributed by atoms with Crippen molar-refractivity contribution in [1.29, 1.82) is 0 Å². The van der Waals surface area contributed by atoms with Crippen LogP contribution < -0.4 is 0 Å². The summed E-state index contributed by atoms with van der Waals surface area (Å²) in [5.41, 5.74) is 0. The standard InChI is InChI=1S/C5H14O2SSi/c1-9(2,3)5-4-8(6)7/h4-5H2,1-3H3,(H,6,7)/p-1. The molecule has 0 saturated heterocycles. The molecule has 0 aromatic heterocycles. The molecule has 0 N–H and O–H groups in total. The average Bonchev–Trinajstić information content (AvgIpc) is 1.59. The first-order valence-corrected chi connectivity index (χ1v) is 7.93. The predicted molar refractivity (Wildman–Crippen MR) is 41.9 cm³/mol. The Morgan fingerprint density at radius 1 is 1.44 bits per heavy atom. The first kappa shape index (κ1) is 9.33. The molecule has 0 bridgehead atoms. The lowest BCUT2D eigenvalue weighted by molar-refractivity contribution is 0.538. The maximum atomic E-state index is 10.1. The summed E-state index contributed by atoms with van der Waals surface area (Å²) in [6.45, 7) is 6.50. The quantitative estimate of drug-likeness (QED) is 0.466. The van der Waals surface area contributed by atoms with Crippen molar-refractivity contribution < 1.29 is 8.76 Å². The van der Waals surface area contributed by atoms with Crippen LogP contribution in [0.15, 0.2) is 0 Å². The molecule has 0 aliphatic rings. The van der Waals surface area contributed by atoms with Gasteiger partial charge in [0.1, 0.15) is 0 Å². The van der Waals surface area contributed by atoms with Crippen molar-refractivity contribution in [3.05, 3.63) is 0 Å². The monoisotopic (exact) mass is 165 g/mol. The van der Waals surface area contributed by atoms with E-state index in [2.05, 4.69) is 19.6 Å². The first-order valence-electron chi connectivity index (χ1n) is 2.98. The molecule has 0 spiro atoms. The third kappa shape index (κ3) is 8.33. The highest BCUT2D eigenvalue weighted by atomic mass is 32.2. The maximum absolute atomic E-state index is 10.1. The van der Waals surface area contributed by atoms with Crippen molar-refractivity contribution in [2.45, 2.75) is 25.7 Å². The van der Waals surface area contributed by atoms with Crippen LogP contribution in [0.5, 0.6) is 0 Å². The topological polar surface area (TPSA) is 40.1 Å². The van der Waals surface area contributed by atoms with Crippen LogP contribution in [0, 0.1) is 0 Å². The normalized spacial score (nSPS) is 15.6. The van der Waals surface area contributed by atoms with E-state index in [1.165, 1.54) is 0 Å². The summed E-state index contributed by atoms with van der Waals surface area (Å²) in [7, 11) is -1.11. The van der Waals surface area contributed by atoms with Gasteiger partial charge in [-0.3, -0.25) is 4.21 Å². The summed E-state index contributed by atoms with van der Waals surface area (Å²) in [6.07, 6.45) is 0. The van der Waals surface area contributed by atoms with E-state index in [1.807, 2.05) is 0 Å². The van der Waals surface area contributed by atoms with Crippen LogP contribution in [0.4, 0.5) is 0 Å².